The van der Waals surface area contributed by atoms with Gasteiger partial charge in [-0.1, -0.05) is 85.6 Å². The van der Waals surface area contributed by atoms with E-state index in [1.807, 2.05) is 0 Å². The zero-order chi connectivity index (χ0) is 25.4. The number of rotatable bonds is 3. The SMILES string of the molecule is CC1=[C-]C(C)(C)C(C)=C1C.[Cl][Ti][Cl].c1ccc2[cH-]c(P(C3CCCCC3)C3CCCCC3)cc2c1. The molecule has 0 aliphatic heterocycles. The number of hydrogen-bond donors (Lipinski definition) is 0. The van der Waals surface area contributed by atoms with Gasteiger partial charge in [0.25, 0.3) is 0 Å². The average molecular weight is 565 g/mol. The summed E-state index contributed by atoms with van der Waals surface area (Å²) in [7, 11) is 9.84. The third-order valence-electron chi connectivity index (χ3n) is 8.40. The molecule has 2 fully saturated rings. The van der Waals surface area contributed by atoms with Crippen molar-refractivity contribution >= 4 is 42.6 Å². The molecule has 0 aromatic heterocycles. The van der Waals surface area contributed by atoms with E-state index in [9.17, 15) is 0 Å². The summed E-state index contributed by atoms with van der Waals surface area (Å²) < 4.78 is 0. The fourth-order valence-corrected chi connectivity index (χ4v) is 9.99. The summed E-state index contributed by atoms with van der Waals surface area (Å²) in [5.74, 6) is 0. The molecule has 0 bridgehead atoms. The summed E-state index contributed by atoms with van der Waals surface area (Å²) in [6, 6.07) is 14.1. The molecule has 0 unspecified atom stereocenters. The van der Waals surface area contributed by atoms with E-state index in [0.717, 1.165) is 11.3 Å². The number of halogens is 2. The van der Waals surface area contributed by atoms with Crippen LogP contribution >= 0.6 is 26.5 Å². The van der Waals surface area contributed by atoms with Crippen LogP contribution in [-0.2, 0) is 17.0 Å². The van der Waals surface area contributed by atoms with Gasteiger partial charge in [-0.15, -0.1) is 47.3 Å². The minimum absolute atomic E-state index is 0.0611. The Morgan fingerprint density at radius 2 is 1.40 bits per heavy atom. The minimum Gasteiger partial charge on any atom is -0.161 e. The van der Waals surface area contributed by atoms with Gasteiger partial charge in [-0.05, 0) is 37.0 Å². The van der Waals surface area contributed by atoms with Crippen LogP contribution in [0.25, 0.3) is 10.8 Å². The van der Waals surface area contributed by atoms with Gasteiger partial charge < -0.3 is 0 Å². The van der Waals surface area contributed by atoms with E-state index in [1.165, 1.54) is 91.7 Å². The maximum atomic E-state index is 4.89. The van der Waals surface area contributed by atoms with E-state index >= 15 is 0 Å². The summed E-state index contributed by atoms with van der Waals surface area (Å²) in [6.07, 6.45) is 18.3. The smallest absolute Gasteiger partial charge is 0.0181 e. The number of benzene rings is 1. The van der Waals surface area contributed by atoms with Crippen LogP contribution in [0.5, 0.6) is 0 Å². The van der Waals surface area contributed by atoms with Crippen molar-refractivity contribution in [3.8, 4) is 0 Å². The van der Waals surface area contributed by atoms with Crippen molar-refractivity contribution in [3.05, 3.63) is 59.2 Å². The summed E-state index contributed by atoms with van der Waals surface area (Å²) in [5.41, 5.74) is 6.43. The molecule has 0 saturated heterocycles. The molecule has 2 saturated carbocycles. The van der Waals surface area contributed by atoms with Crippen molar-refractivity contribution in [1.29, 1.82) is 0 Å². The Morgan fingerprint density at radius 3 is 1.80 bits per heavy atom. The van der Waals surface area contributed by atoms with Gasteiger partial charge in [0.2, 0.25) is 0 Å². The van der Waals surface area contributed by atoms with Crippen molar-refractivity contribution in [2.45, 2.75) is 110 Å². The van der Waals surface area contributed by atoms with Gasteiger partial charge in [0, 0.05) is 0 Å². The first-order chi connectivity index (χ1) is 16.8. The van der Waals surface area contributed by atoms with Gasteiger partial charge in [-0.2, -0.15) is 17.2 Å². The third-order valence-corrected chi connectivity index (χ3v) is 11.9. The summed E-state index contributed by atoms with van der Waals surface area (Å²) in [5, 5.41) is 4.67. The van der Waals surface area contributed by atoms with Crippen molar-refractivity contribution in [3.63, 3.8) is 0 Å². The van der Waals surface area contributed by atoms with Crippen LogP contribution in [0.15, 0.2) is 53.1 Å². The van der Waals surface area contributed by atoms with Crippen LogP contribution in [0.4, 0.5) is 0 Å². The zero-order valence-corrected chi connectivity index (χ0v) is 26.4. The van der Waals surface area contributed by atoms with Gasteiger partial charge in [0.1, 0.15) is 0 Å². The van der Waals surface area contributed by atoms with Crippen LogP contribution in [0.3, 0.4) is 0 Å². The Balaban J connectivity index is 0.000000221. The second-order valence-corrected chi connectivity index (χ2v) is 16.4. The maximum Gasteiger partial charge on any atom is -0.0181 e. The van der Waals surface area contributed by atoms with Crippen molar-refractivity contribution in [2.24, 2.45) is 5.41 Å². The molecule has 3 aliphatic rings. The second-order valence-electron chi connectivity index (χ2n) is 11.0. The van der Waals surface area contributed by atoms with E-state index in [4.69, 9.17) is 18.6 Å². The first-order valence-corrected chi connectivity index (χ1v) is 19.3. The van der Waals surface area contributed by atoms with Crippen molar-refractivity contribution in [2.75, 3.05) is 0 Å². The molecule has 4 heteroatoms. The normalized spacial score (nSPS) is 20.7. The molecule has 0 amide bonds. The largest absolute Gasteiger partial charge is 0.161 e. The maximum absolute atomic E-state index is 4.89. The van der Waals surface area contributed by atoms with E-state index in [-0.39, 0.29) is 13.3 Å². The van der Waals surface area contributed by atoms with Crippen LogP contribution in [0.1, 0.15) is 98.8 Å². The standard InChI is InChI=1S/C21H28P.C10H15.2ClH.Ti/c1-3-11-19(12-4-1)22(20-13-5-2-6-14-20)21-15-17-9-7-8-10-18(17)16-21;1-7-6-10(4,5)9(3)8(7)2;;;/h7-10,15-16,19-20H,1-6,11-14H2;1-5H3;2*1H;/q2*-1;;;+2/p-2. The molecule has 0 heterocycles. The Labute approximate surface area is 233 Å². The molecule has 192 valence electrons. The topological polar surface area (TPSA) is 0 Å². The molecule has 0 atom stereocenters. The summed E-state index contributed by atoms with van der Waals surface area (Å²) in [6.45, 7) is 10.9. The predicted molar refractivity (Wildman–Crippen MR) is 156 cm³/mol. The molecule has 0 spiro atoms. The Morgan fingerprint density at radius 1 is 0.886 bits per heavy atom. The van der Waals surface area contributed by atoms with Crippen LogP contribution in [-0.4, -0.2) is 11.3 Å². The average Bonchev–Trinajstić information content (AvgIpc) is 3.35. The number of hydrogen-bond acceptors (Lipinski definition) is 0. The fraction of sp³-hybridized carbons (Fsp3) is 0.581. The van der Waals surface area contributed by atoms with Gasteiger partial charge >= 0.3 is 35.6 Å². The van der Waals surface area contributed by atoms with Gasteiger partial charge in [0.15, 0.2) is 0 Å². The van der Waals surface area contributed by atoms with Crippen molar-refractivity contribution in [1.82, 2.24) is 0 Å². The van der Waals surface area contributed by atoms with E-state index in [1.54, 1.807) is 5.30 Å². The monoisotopic (exact) mass is 564 g/mol. The first-order valence-electron chi connectivity index (χ1n) is 13.5. The molecule has 3 aliphatic carbocycles. The molecule has 2 aromatic carbocycles. The van der Waals surface area contributed by atoms with Gasteiger partial charge in [-0.25, -0.2) is 5.57 Å². The van der Waals surface area contributed by atoms with E-state index < -0.39 is 17.0 Å². The molecule has 5 rings (SSSR count). The second kappa shape index (κ2) is 14.3. The van der Waals surface area contributed by atoms with Gasteiger partial charge in [-0.3, -0.25) is 6.08 Å². The van der Waals surface area contributed by atoms with Crippen LogP contribution in [0.2, 0.25) is 0 Å². The minimum atomic E-state index is -0.556. The molecule has 0 nitrogen and oxygen atoms in total. The number of allylic oxidation sites excluding steroid dienone is 4. The van der Waals surface area contributed by atoms with Crippen molar-refractivity contribution < 1.29 is 17.0 Å². The number of fused-ring (bicyclic) bond motifs is 1. The molecule has 2 aromatic rings. The van der Waals surface area contributed by atoms with Crippen LogP contribution in [0, 0.1) is 11.5 Å². The predicted octanol–water partition coefficient (Wildman–Crippen LogP) is 10.8. The fourth-order valence-electron chi connectivity index (χ4n) is 6.13. The van der Waals surface area contributed by atoms with E-state index in [2.05, 4.69) is 77.1 Å². The van der Waals surface area contributed by atoms with E-state index in [0.29, 0.717) is 0 Å². The summed E-state index contributed by atoms with van der Waals surface area (Å²) in [4.78, 5) is 0. The quantitative estimate of drug-likeness (QED) is 0.197. The Bertz CT molecular complexity index is 939. The molecule has 35 heavy (non-hydrogen) atoms. The Hall–Kier alpha value is 0.0343. The molecule has 0 radical (unpaired) electrons. The molecular formula is C31H43Cl2PTi-2. The summed E-state index contributed by atoms with van der Waals surface area (Å²) >= 11 is -0.556. The first kappa shape index (κ1) is 29.6. The molecule has 0 N–H and O–H groups in total. The van der Waals surface area contributed by atoms with Crippen LogP contribution < -0.4 is 5.30 Å². The third kappa shape index (κ3) is 8.01. The Kier molecular flexibility index (Phi) is 12.1. The van der Waals surface area contributed by atoms with Gasteiger partial charge in [0.05, 0.1) is 0 Å². The zero-order valence-electron chi connectivity index (χ0n) is 22.4. The molecular weight excluding hydrogens is 522 g/mol.